The van der Waals surface area contributed by atoms with Crippen molar-refractivity contribution < 1.29 is 4.79 Å². The molecule has 1 unspecified atom stereocenters. The van der Waals surface area contributed by atoms with Gasteiger partial charge in [0.15, 0.2) is 0 Å². The fourth-order valence-electron chi connectivity index (χ4n) is 2.60. The molecule has 1 aromatic rings. The zero-order valence-corrected chi connectivity index (χ0v) is 12.1. The van der Waals surface area contributed by atoms with E-state index in [0.717, 1.165) is 0 Å². The highest BCUT2D eigenvalue weighted by atomic mass is 16.1. The largest absolute Gasteiger partial charge is 0.368 e. The van der Waals surface area contributed by atoms with Crippen molar-refractivity contribution in [1.29, 1.82) is 0 Å². The molecule has 1 aliphatic carbocycles. The number of amides is 1. The van der Waals surface area contributed by atoms with Crippen LogP contribution < -0.4 is 11.1 Å². The first-order chi connectivity index (χ1) is 8.93. The first-order valence-corrected chi connectivity index (χ1v) is 7.09. The van der Waals surface area contributed by atoms with Crippen LogP contribution in [0.1, 0.15) is 43.9 Å². The Balaban J connectivity index is 2.07. The van der Waals surface area contributed by atoms with Crippen LogP contribution in [-0.2, 0) is 24.2 Å². The molecule has 3 nitrogen and oxygen atoms in total. The van der Waals surface area contributed by atoms with Gasteiger partial charge in [0.25, 0.3) is 0 Å². The van der Waals surface area contributed by atoms with Gasteiger partial charge >= 0.3 is 0 Å². The lowest BCUT2D eigenvalue weighted by Gasteiger charge is -2.31. The molecule has 0 bridgehead atoms. The van der Waals surface area contributed by atoms with E-state index in [1.165, 1.54) is 36.0 Å². The van der Waals surface area contributed by atoms with Crippen LogP contribution in [0.2, 0.25) is 0 Å². The van der Waals surface area contributed by atoms with Crippen LogP contribution in [0.4, 0.5) is 0 Å². The minimum atomic E-state index is -0.654. The van der Waals surface area contributed by atoms with Gasteiger partial charge < -0.3 is 5.73 Å². The second-order valence-electron chi connectivity index (χ2n) is 6.03. The van der Waals surface area contributed by atoms with Gasteiger partial charge in [0.05, 0.1) is 5.54 Å². The molecule has 1 aliphatic rings. The standard InChI is InChI=1S/C16H24N2O/c1-11(2)16(3,15(17)19)18-10-12-7-8-13-5-4-6-14(13)9-12/h7-9,11,18H,4-6,10H2,1-3H3,(H2,17,19). The molecule has 0 aromatic heterocycles. The van der Waals surface area contributed by atoms with Crippen LogP contribution in [0.25, 0.3) is 0 Å². The van der Waals surface area contributed by atoms with Gasteiger partial charge in [-0.25, -0.2) is 0 Å². The van der Waals surface area contributed by atoms with Gasteiger partial charge in [-0.05, 0) is 48.8 Å². The van der Waals surface area contributed by atoms with Crippen molar-refractivity contribution in [2.24, 2.45) is 11.7 Å². The number of carbonyl (C=O) groups is 1. The SMILES string of the molecule is CC(C)C(C)(NCc1ccc2c(c1)CCC2)C(N)=O. The fourth-order valence-corrected chi connectivity index (χ4v) is 2.60. The van der Waals surface area contributed by atoms with Crippen molar-refractivity contribution in [3.8, 4) is 0 Å². The molecular weight excluding hydrogens is 236 g/mol. The maximum atomic E-state index is 11.6. The number of nitrogens with one attached hydrogen (secondary N) is 1. The fraction of sp³-hybridized carbons (Fsp3) is 0.562. The number of hydrogen-bond donors (Lipinski definition) is 2. The lowest BCUT2D eigenvalue weighted by molar-refractivity contribution is -0.125. The molecule has 0 heterocycles. The molecule has 3 heteroatoms. The smallest absolute Gasteiger partial charge is 0.237 e. The number of hydrogen-bond acceptors (Lipinski definition) is 2. The summed E-state index contributed by atoms with van der Waals surface area (Å²) >= 11 is 0. The minimum Gasteiger partial charge on any atom is -0.368 e. The predicted octanol–water partition coefficient (Wildman–Crippen LogP) is 2.16. The summed E-state index contributed by atoms with van der Waals surface area (Å²) in [6, 6.07) is 6.63. The second kappa shape index (κ2) is 5.33. The summed E-state index contributed by atoms with van der Waals surface area (Å²) in [6.45, 7) is 6.60. The van der Waals surface area contributed by atoms with Crippen molar-refractivity contribution >= 4 is 5.91 Å². The van der Waals surface area contributed by atoms with Crippen molar-refractivity contribution in [3.63, 3.8) is 0 Å². The average molecular weight is 260 g/mol. The van der Waals surface area contributed by atoms with Crippen LogP contribution in [-0.4, -0.2) is 11.4 Å². The maximum Gasteiger partial charge on any atom is 0.237 e. The third kappa shape index (κ3) is 2.81. The van der Waals surface area contributed by atoms with E-state index in [1.807, 2.05) is 20.8 Å². The Morgan fingerprint density at radius 3 is 2.68 bits per heavy atom. The number of aryl methyl sites for hydroxylation is 2. The highest BCUT2D eigenvalue weighted by Gasteiger charge is 2.33. The van der Waals surface area contributed by atoms with Gasteiger partial charge in [-0.15, -0.1) is 0 Å². The number of carbonyl (C=O) groups excluding carboxylic acids is 1. The maximum absolute atomic E-state index is 11.6. The summed E-state index contributed by atoms with van der Waals surface area (Å²) in [6.07, 6.45) is 3.64. The van der Waals surface area contributed by atoms with E-state index >= 15 is 0 Å². The van der Waals surface area contributed by atoms with Gasteiger partial charge in [-0.2, -0.15) is 0 Å². The van der Waals surface area contributed by atoms with Gasteiger partial charge in [0.1, 0.15) is 0 Å². The first kappa shape index (κ1) is 14.1. The third-order valence-corrected chi connectivity index (χ3v) is 4.49. The Morgan fingerprint density at radius 2 is 2.05 bits per heavy atom. The molecule has 0 radical (unpaired) electrons. The van der Waals surface area contributed by atoms with Crippen molar-refractivity contribution in [3.05, 3.63) is 34.9 Å². The molecule has 3 N–H and O–H groups in total. The normalized spacial score (nSPS) is 17.3. The van der Waals surface area contributed by atoms with Crippen LogP contribution >= 0.6 is 0 Å². The van der Waals surface area contributed by atoms with Crippen molar-refractivity contribution in [2.75, 3.05) is 0 Å². The van der Waals surface area contributed by atoms with Crippen molar-refractivity contribution in [2.45, 2.75) is 52.1 Å². The molecule has 19 heavy (non-hydrogen) atoms. The molecule has 0 saturated carbocycles. The summed E-state index contributed by atoms with van der Waals surface area (Å²) in [7, 11) is 0. The summed E-state index contributed by atoms with van der Waals surface area (Å²) in [4.78, 5) is 11.6. The van der Waals surface area contributed by atoms with Gasteiger partial charge in [0.2, 0.25) is 5.91 Å². The van der Waals surface area contributed by atoms with Gasteiger partial charge in [0, 0.05) is 6.54 Å². The van der Waals surface area contributed by atoms with E-state index in [4.69, 9.17) is 5.73 Å². The van der Waals surface area contributed by atoms with Gasteiger partial charge in [-0.1, -0.05) is 32.0 Å². The van der Waals surface area contributed by atoms with E-state index in [1.54, 1.807) is 0 Å². The second-order valence-corrected chi connectivity index (χ2v) is 6.03. The average Bonchev–Trinajstić information content (AvgIpc) is 2.82. The third-order valence-electron chi connectivity index (χ3n) is 4.49. The quantitative estimate of drug-likeness (QED) is 0.852. The Bertz CT molecular complexity index is 482. The number of nitrogens with two attached hydrogens (primary N) is 1. The van der Waals surface area contributed by atoms with Crippen LogP contribution in [0.5, 0.6) is 0 Å². The van der Waals surface area contributed by atoms with E-state index in [9.17, 15) is 4.79 Å². The van der Waals surface area contributed by atoms with Crippen LogP contribution in [0.15, 0.2) is 18.2 Å². The lowest BCUT2D eigenvalue weighted by atomic mass is 9.87. The Morgan fingerprint density at radius 1 is 1.37 bits per heavy atom. The predicted molar refractivity (Wildman–Crippen MR) is 77.7 cm³/mol. The highest BCUT2D eigenvalue weighted by molar-refractivity contribution is 5.84. The first-order valence-electron chi connectivity index (χ1n) is 7.09. The van der Waals surface area contributed by atoms with Crippen LogP contribution in [0.3, 0.4) is 0 Å². The summed E-state index contributed by atoms with van der Waals surface area (Å²) in [5.41, 5.74) is 9.04. The zero-order valence-electron chi connectivity index (χ0n) is 12.1. The van der Waals surface area contributed by atoms with E-state index in [2.05, 4.69) is 23.5 Å². The molecule has 0 spiro atoms. The molecule has 0 fully saturated rings. The number of rotatable bonds is 5. The summed E-state index contributed by atoms with van der Waals surface area (Å²) < 4.78 is 0. The van der Waals surface area contributed by atoms with Crippen LogP contribution in [0, 0.1) is 5.92 Å². The number of benzene rings is 1. The van der Waals surface area contributed by atoms with Gasteiger partial charge in [-0.3, -0.25) is 10.1 Å². The van der Waals surface area contributed by atoms with E-state index in [-0.39, 0.29) is 11.8 Å². The van der Waals surface area contributed by atoms with Crippen molar-refractivity contribution in [1.82, 2.24) is 5.32 Å². The Hall–Kier alpha value is -1.35. The molecule has 1 amide bonds. The van der Waals surface area contributed by atoms with E-state index < -0.39 is 5.54 Å². The number of fused-ring (bicyclic) bond motifs is 1. The zero-order chi connectivity index (χ0) is 14.0. The molecule has 1 atom stereocenters. The lowest BCUT2D eigenvalue weighted by Crippen LogP contribution is -2.56. The molecule has 1 aromatic carbocycles. The van der Waals surface area contributed by atoms with E-state index in [0.29, 0.717) is 6.54 Å². The molecule has 104 valence electrons. The molecule has 0 aliphatic heterocycles. The summed E-state index contributed by atoms with van der Waals surface area (Å²) in [5, 5.41) is 3.33. The minimum absolute atomic E-state index is 0.166. The Kier molecular flexibility index (Phi) is 3.95. The summed E-state index contributed by atoms with van der Waals surface area (Å²) in [5.74, 6) is -0.122. The highest BCUT2D eigenvalue weighted by Crippen LogP contribution is 2.23. The topological polar surface area (TPSA) is 55.1 Å². The molecule has 2 rings (SSSR count). The number of primary amides is 1. The molecule has 0 saturated heterocycles. The Labute approximate surface area is 115 Å². The monoisotopic (exact) mass is 260 g/mol. The molecular formula is C16H24N2O.